The smallest absolute Gasteiger partial charge is 0.260 e. The highest BCUT2D eigenvalue weighted by Gasteiger charge is 2.28. The van der Waals surface area contributed by atoms with Crippen molar-refractivity contribution in [1.82, 2.24) is 4.98 Å². The molecule has 1 amide bonds. The number of ether oxygens (including phenoxy) is 1. The van der Waals surface area contributed by atoms with Crippen LogP contribution in [0.25, 0.3) is 10.2 Å². The van der Waals surface area contributed by atoms with Gasteiger partial charge in [0.05, 0.1) is 33.0 Å². The lowest BCUT2D eigenvalue weighted by Gasteiger charge is -2.23. The Hall–Kier alpha value is -2.29. The Morgan fingerprint density at radius 3 is 2.50 bits per heavy atom. The Morgan fingerprint density at radius 2 is 1.88 bits per heavy atom. The van der Waals surface area contributed by atoms with Crippen molar-refractivity contribution in [2.24, 2.45) is 0 Å². The van der Waals surface area contributed by atoms with Crippen LogP contribution in [0.5, 0.6) is 0 Å². The van der Waals surface area contributed by atoms with E-state index in [-0.39, 0.29) is 16.9 Å². The van der Waals surface area contributed by atoms with E-state index in [1.807, 2.05) is 6.07 Å². The van der Waals surface area contributed by atoms with Gasteiger partial charge in [-0.05, 0) is 88.1 Å². The molecule has 1 aromatic heterocycles. The number of anilines is 1. The molecule has 1 saturated heterocycles. The van der Waals surface area contributed by atoms with Gasteiger partial charge in [-0.25, -0.2) is 13.4 Å². The van der Waals surface area contributed by atoms with E-state index >= 15 is 0 Å². The number of carbonyl (C=O) groups is 1. The van der Waals surface area contributed by atoms with Crippen LogP contribution in [0.2, 0.25) is 0 Å². The average Bonchev–Trinajstić information content (AvgIpc) is 3.41. The van der Waals surface area contributed by atoms with E-state index < -0.39 is 15.1 Å². The van der Waals surface area contributed by atoms with E-state index in [1.165, 1.54) is 29.0 Å². The Morgan fingerprint density at radius 1 is 1.19 bits per heavy atom. The van der Waals surface area contributed by atoms with Gasteiger partial charge in [0, 0.05) is 12.2 Å². The maximum Gasteiger partial charge on any atom is 0.260 e. The molecule has 1 aliphatic rings. The van der Waals surface area contributed by atoms with Gasteiger partial charge in [-0.3, -0.25) is 9.69 Å². The van der Waals surface area contributed by atoms with Crippen LogP contribution >= 0.6 is 11.3 Å². The van der Waals surface area contributed by atoms with E-state index in [9.17, 15) is 13.2 Å². The van der Waals surface area contributed by atoms with Crippen LogP contribution < -0.4 is 4.90 Å². The van der Waals surface area contributed by atoms with E-state index in [4.69, 9.17) is 9.72 Å². The first-order valence-corrected chi connectivity index (χ1v) is 13.2. The summed E-state index contributed by atoms with van der Waals surface area (Å²) in [6, 6.07) is 10.3. The molecule has 0 saturated carbocycles. The van der Waals surface area contributed by atoms with Gasteiger partial charge in [0.2, 0.25) is 0 Å². The van der Waals surface area contributed by atoms with Crippen LogP contribution in [0.4, 0.5) is 5.13 Å². The summed E-state index contributed by atoms with van der Waals surface area (Å²) >= 11 is 1.49. The predicted octanol–water partition coefficient (Wildman–Crippen LogP) is 4.92. The van der Waals surface area contributed by atoms with Gasteiger partial charge in [-0.2, -0.15) is 0 Å². The summed E-state index contributed by atoms with van der Waals surface area (Å²) in [5.41, 5.74) is 3.65. The second kappa shape index (κ2) is 8.92. The van der Waals surface area contributed by atoms with Gasteiger partial charge in [-0.1, -0.05) is 11.3 Å². The van der Waals surface area contributed by atoms with Crippen LogP contribution in [0.15, 0.2) is 41.3 Å². The lowest BCUT2D eigenvalue weighted by molar-refractivity contribution is 0.0917. The van der Waals surface area contributed by atoms with Gasteiger partial charge in [-0.15, -0.1) is 0 Å². The van der Waals surface area contributed by atoms with E-state index in [0.717, 1.165) is 28.6 Å². The molecule has 4 rings (SSSR count). The molecule has 170 valence electrons. The van der Waals surface area contributed by atoms with Gasteiger partial charge < -0.3 is 4.74 Å². The molecule has 1 aliphatic heterocycles. The molecule has 8 heteroatoms. The van der Waals surface area contributed by atoms with Crippen molar-refractivity contribution in [3.8, 4) is 0 Å². The van der Waals surface area contributed by atoms with E-state index in [2.05, 4.69) is 19.9 Å². The minimum atomic E-state index is -3.39. The summed E-state index contributed by atoms with van der Waals surface area (Å²) in [6.45, 7) is 8.53. The van der Waals surface area contributed by atoms with Crippen molar-refractivity contribution in [1.29, 1.82) is 0 Å². The molecule has 0 aliphatic carbocycles. The molecule has 6 nitrogen and oxygen atoms in total. The number of hydrogen-bond donors (Lipinski definition) is 0. The third-order valence-corrected chi connectivity index (χ3v) is 9.14. The van der Waals surface area contributed by atoms with Crippen molar-refractivity contribution < 1.29 is 17.9 Å². The molecule has 0 bridgehead atoms. The van der Waals surface area contributed by atoms with Gasteiger partial charge in [0.1, 0.15) is 0 Å². The molecule has 2 aromatic carbocycles. The fourth-order valence-electron chi connectivity index (χ4n) is 3.74. The second-order valence-electron chi connectivity index (χ2n) is 8.57. The third kappa shape index (κ3) is 4.44. The minimum Gasteiger partial charge on any atom is -0.376 e. The van der Waals surface area contributed by atoms with Gasteiger partial charge >= 0.3 is 0 Å². The van der Waals surface area contributed by atoms with Crippen LogP contribution in [-0.2, 0) is 14.6 Å². The molecule has 0 spiro atoms. The fourth-order valence-corrected chi connectivity index (χ4v) is 5.85. The first-order chi connectivity index (χ1) is 15.2. The van der Waals surface area contributed by atoms with Crippen LogP contribution in [-0.4, -0.2) is 43.8 Å². The minimum absolute atomic E-state index is 0.0324. The molecule has 32 heavy (non-hydrogen) atoms. The number of thiazole rings is 1. The van der Waals surface area contributed by atoms with E-state index in [1.54, 1.807) is 30.9 Å². The Kier molecular flexibility index (Phi) is 6.38. The second-order valence-corrected chi connectivity index (χ2v) is 12.1. The van der Waals surface area contributed by atoms with Crippen LogP contribution in [0.3, 0.4) is 0 Å². The molecule has 1 unspecified atom stereocenters. The highest BCUT2D eigenvalue weighted by atomic mass is 32.2. The number of amides is 1. The SMILES string of the molecule is Cc1cc2nc(N(CC3CCCO3)C(=O)c3ccc(S(=O)(=O)C(C)C)cc3)sc2cc1C. The van der Waals surface area contributed by atoms with Gasteiger partial charge in [0.25, 0.3) is 5.91 Å². The summed E-state index contributed by atoms with van der Waals surface area (Å²) in [5, 5.41) is 0.110. The highest BCUT2D eigenvalue weighted by Crippen LogP contribution is 2.32. The molecular formula is C24H28N2O4S2. The van der Waals surface area contributed by atoms with Crippen molar-refractivity contribution in [2.75, 3.05) is 18.1 Å². The summed E-state index contributed by atoms with van der Waals surface area (Å²) in [7, 11) is -3.39. The molecule has 3 aromatic rings. The Balaban J connectivity index is 1.69. The Labute approximate surface area is 193 Å². The Bertz CT molecular complexity index is 1200. The van der Waals surface area contributed by atoms with Crippen molar-refractivity contribution in [3.05, 3.63) is 53.1 Å². The number of aryl methyl sites for hydroxylation is 2. The zero-order valence-corrected chi connectivity index (χ0v) is 20.4. The predicted molar refractivity (Wildman–Crippen MR) is 129 cm³/mol. The third-order valence-electron chi connectivity index (χ3n) is 5.93. The quantitative estimate of drug-likeness (QED) is 0.509. The molecule has 0 N–H and O–H groups in total. The number of rotatable bonds is 6. The van der Waals surface area contributed by atoms with Crippen molar-refractivity contribution >= 4 is 42.4 Å². The first kappa shape index (κ1) is 22.9. The molecular weight excluding hydrogens is 444 g/mol. The zero-order valence-electron chi connectivity index (χ0n) is 18.8. The first-order valence-electron chi connectivity index (χ1n) is 10.8. The maximum atomic E-state index is 13.5. The van der Waals surface area contributed by atoms with Crippen molar-refractivity contribution in [3.63, 3.8) is 0 Å². The van der Waals surface area contributed by atoms with Crippen LogP contribution in [0, 0.1) is 13.8 Å². The average molecular weight is 473 g/mol. The number of nitrogens with zero attached hydrogens (tertiary/aromatic N) is 2. The molecule has 0 radical (unpaired) electrons. The summed E-state index contributed by atoms with van der Waals surface area (Å²) in [5.74, 6) is -0.207. The fraction of sp³-hybridized carbons (Fsp3) is 0.417. The lowest BCUT2D eigenvalue weighted by atomic mass is 10.1. The number of hydrogen-bond acceptors (Lipinski definition) is 6. The summed E-state index contributed by atoms with van der Waals surface area (Å²) in [6.07, 6.45) is 1.85. The normalized spacial score (nSPS) is 16.7. The standard InChI is InChI=1S/C24H28N2O4S2/c1-15(2)32(28,29)20-9-7-18(8-10-20)23(27)26(14-19-6-5-11-30-19)24-25-21-12-16(3)17(4)13-22(21)31-24/h7-10,12-13,15,19H,5-6,11,14H2,1-4H3. The molecule has 1 fully saturated rings. The monoisotopic (exact) mass is 472 g/mol. The number of fused-ring (bicyclic) bond motifs is 1. The number of benzene rings is 2. The highest BCUT2D eigenvalue weighted by molar-refractivity contribution is 7.92. The lowest BCUT2D eigenvalue weighted by Crippen LogP contribution is -2.37. The summed E-state index contributed by atoms with van der Waals surface area (Å²) < 4.78 is 31.7. The zero-order chi connectivity index (χ0) is 23.0. The molecule has 1 atom stereocenters. The van der Waals surface area contributed by atoms with E-state index in [0.29, 0.717) is 23.8 Å². The van der Waals surface area contributed by atoms with Gasteiger partial charge in [0.15, 0.2) is 15.0 Å². The number of sulfone groups is 1. The van der Waals surface area contributed by atoms with Crippen molar-refractivity contribution in [2.45, 2.75) is 56.8 Å². The van der Waals surface area contributed by atoms with Crippen LogP contribution in [0.1, 0.15) is 48.2 Å². The largest absolute Gasteiger partial charge is 0.376 e. The number of carbonyl (C=O) groups excluding carboxylic acids is 1. The summed E-state index contributed by atoms with van der Waals surface area (Å²) in [4.78, 5) is 20.2. The topological polar surface area (TPSA) is 76.6 Å². The maximum absolute atomic E-state index is 13.5. The number of aromatic nitrogens is 1. The molecule has 2 heterocycles.